The zero-order chi connectivity index (χ0) is 21.2. The molecule has 4 rings (SSSR count). The lowest BCUT2D eigenvalue weighted by Gasteiger charge is -2.66. The summed E-state index contributed by atoms with van der Waals surface area (Å²) in [5.74, 6) is 1.93. The van der Waals surface area contributed by atoms with Crippen LogP contribution in [0, 0.1) is 45.8 Å². The summed E-state index contributed by atoms with van der Waals surface area (Å²) in [5.41, 5.74) is 0.286. The molecule has 9 atom stereocenters. The van der Waals surface area contributed by atoms with E-state index in [2.05, 4.69) is 27.7 Å². The van der Waals surface area contributed by atoms with Crippen molar-refractivity contribution in [1.82, 2.24) is 0 Å². The van der Waals surface area contributed by atoms with E-state index in [1.165, 1.54) is 6.42 Å². The number of carboxylic acid groups (broad SMARTS) is 1. The highest BCUT2D eigenvalue weighted by atomic mass is 16.4. The van der Waals surface area contributed by atoms with Crippen LogP contribution in [-0.2, 0) is 9.59 Å². The summed E-state index contributed by atoms with van der Waals surface area (Å²) in [4.78, 5) is 23.2. The fourth-order valence-electron chi connectivity index (χ4n) is 9.16. The maximum absolute atomic E-state index is 12.1. The molecule has 29 heavy (non-hydrogen) atoms. The van der Waals surface area contributed by atoms with Gasteiger partial charge in [-0.05, 0) is 90.8 Å². The van der Waals surface area contributed by atoms with Crippen LogP contribution < -0.4 is 0 Å². The zero-order valence-corrected chi connectivity index (χ0v) is 18.7. The van der Waals surface area contributed by atoms with Crippen LogP contribution in [-0.4, -0.2) is 28.1 Å². The van der Waals surface area contributed by atoms with Gasteiger partial charge in [-0.15, -0.1) is 0 Å². The first kappa shape index (κ1) is 21.3. The van der Waals surface area contributed by atoms with Gasteiger partial charge in [0, 0.05) is 19.3 Å². The molecule has 0 radical (unpaired) electrons. The van der Waals surface area contributed by atoms with Gasteiger partial charge >= 0.3 is 5.97 Å². The zero-order valence-electron chi connectivity index (χ0n) is 18.7. The molecule has 0 bridgehead atoms. The van der Waals surface area contributed by atoms with Gasteiger partial charge in [0.15, 0.2) is 0 Å². The molecule has 0 unspecified atom stereocenters. The number of carbonyl (C=O) groups excluding carboxylic acids is 1. The van der Waals surface area contributed by atoms with E-state index in [0.717, 1.165) is 38.5 Å². The first-order valence-electron chi connectivity index (χ1n) is 11.9. The molecule has 164 valence electrons. The van der Waals surface area contributed by atoms with Crippen molar-refractivity contribution < 1.29 is 19.8 Å². The standard InChI is InChI=1S/C25H40O4/c1-15(5-8-22(28)29)18-6-7-19-24(3)11-9-16-13-17(26)10-12-23(16,2)20(24)14-21(27)25(18,19)4/h15-16,18-21,27H,5-14H2,1-4H3,(H,28,29)/t15-,16-,18-,19+,20-,21+,23+,24+,25-/m1/s1. The summed E-state index contributed by atoms with van der Waals surface area (Å²) in [7, 11) is 0. The first-order chi connectivity index (χ1) is 13.5. The third-order valence-electron chi connectivity index (χ3n) is 10.8. The lowest BCUT2D eigenvalue weighted by atomic mass is 9.38. The first-order valence-corrected chi connectivity index (χ1v) is 11.9. The van der Waals surface area contributed by atoms with Crippen molar-refractivity contribution in [2.75, 3.05) is 0 Å². The molecule has 4 heteroatoms. The van der Waals surface area contributed by atoms with Crippen LogP contribution in [0.15, 0.2) is 0 Å². The quantitative estimate of drug-likeness (QED) is 0.685. The predicted molar refractivity (Wildman–Crippen MR) is 112 cm³/mol. The molecular weight excluding hydrogens is 364 g/mol. The number of carboxylic acids is 1. The van der Waals surface area contributed by atoms with Gasteiger partial charge in [-0.25, -0.2) is 0 Å². The van der Waals surface area contributed by atoms with Gasteiger partial charge in [0.05, 0.1) is 6.10 Å². The Morgan fingerprint density at radius 3 is 2.52 bits per heavy atom. The van der Waals surface area contributed by atoms with Crippen molar-refractivity contribution >= 4 is 11.8 Å². The van der Waals surface area contributed by atoms with E-state index < -0.39 is 5.97 Å². The Balaban J connectivity index is 1.63. The number of Topliss-reactive ketones (excluding diaryl/α,β-unsaturated/α-hetero) is 1. The Morgan fingerprint density at radius 1 is 1.10 bits per heavy atom. The van der Waals surface area contributed by atoms with E-state index in [9.17, 15) is 14.7 Å². The van der Waals surface area contributed by atoms with Crippen LogP contribution in [0.4, 0.5) is 0 Å². The molecule has 4 saturated carbocycles. The predicted octanol–water partition coefficient (Wildman–Crippen LogP) is 5.08. The van der Waals surface area contributed by atoms with Crippen molar-refractivity contribution in [1.29, 1.82) is 0 Å². The fourth-order valence-corrected chi connectivity index (χ4v) is 9.16. The van der Waals surface area contributed by atoms with E-state index in [1.54, 1.807) is 0 Å². The second-order valence-corrected chi connectivity index (χ2v) is 11.8. The average molecular weight is 405 g/mol. The molecule has 0 aromatic heterocycles. The van der Waals surface area contributed by atoms with Crippen molar-refractivity contribution in [2.24, 2.45) is 45.8 Å². The Labute approximate surface area is 175 Å². The Kier molecular flexibility index (Phi) is 5.20. The molecule has 4 fully saturated rings. The van der Waals surface area contributed by atoms with E-state index in [-0.39, 0.29) is 28.8 Å². The maximum Gasteiger partial charge on any atom is 0.303 e. The number of aliphatic hydroxyl groups excluding tert-OH is 1. The molecule has 0 amide bonds. The van der Waals surface area contributed by atoms with Crippen LogP contribution in [0.5, 0.6) is 0 Å². The van der Waals surface area contributed by atoms with E-state index in [4.69, 9.17) is 5.11 Å². The van der Waals surface area contributed by atoms with Crippen LogP contribution in [0.25, 0.3) is 0 Å². The highest BCUT2D eigenvalue weighted by Crippen LogP contribution is 2.72. The van der Waals surface area contributed by atoms with Crippen molar-refractivity contribution in [2.45, 2.75) is 98.0 Å². The normalized spacial score (nSPS) is 50.4. The molecule has 0 aromatic carbocycles. The Morgan fingerprint density at radius 2 is 1.83 bits per heavy atom. The summed E-state index contributed by atoms with van der Waals surface area (Å²) in [5, 5.41) is 20.7. The highest BCUT2D eigenvalue weighted by molar-refractivity contribution is 5.79. The van der Waals surface area contributed by atoms with E-state index >= 15 is 0 Å². The molecule has 0 heterocycles. The monoisotopic (exact) mass is 404 g/mol. The third-order valence-corrected chi connectivity index (χ3v) is 10.8. The van der Waals surface area contributed by atoms with Gasteiger partial charge in [0.2, 0.25) is 0 Å². The molecule has 0 spiro atoms. The second kappa shape index (κ2) is 7.07. The number of aliphatic hydroxyl groups is 1. The highest BCUT2D eigenvalue weighted by Gasteiger charge is 2.68. The van der Waals surface area contributed by atoms with E-state index in [1.807, 2.05) is 0 Å². The van der Waals surface area contributed by atoms with Gasteiger partial charge < -0.3 is 10.2 Å². The fraction of sp³-hybridized carbons (Fsp3) is 0.920. The summed E-state index contributed by atoms with van der Waals surface area (Å²) < 4.78 is 0. The number of fused-ring (bicyclic) bond motifs is 5. The minimum absolute atomic E-state index is 0.114. The Hall–Kier alpha value is -0.900. The van der Waals surface area contributed by atoms with Gasteiger partial charge in [0.25, 0.3) is 0 Å². The van der Waals surface area contributed by atoms with Crippen LogP contribution >= 0.6 is 0 Å². The van der Waals surface area contributed by atoms with Crippen LogP contribution in [0.3, 0.4) is 0 Å². The molecule has 4 aliphatic rings. The number of aliphatic carboxylic acids is 1. The Bertz CT molecular complexity index is 688. The molecule has 4 nitrogen and oxygen atoms in total. The lowest BCUT2D eigenvalue weighted by molar-refractivity contribution is -0.208. The summed E-state index contributed by atoms with van der Waals surface area (Å²) in [6.45, 7) is 9.43. The largest absolute Gasteiger partial charge is 0.481 e. The summed E-state index contributed by atoms with van der Waals surface area (Å²) in [6, 6.07) is 0. The number of rotatable bonds is 4. The molecule has 0 aliphatic heterocycles. The van der Waals surface area contributed by atoms with Gasteiger partial charge in [0.1, 0.15) is 5.78 Å². The second-order valence-electron chi connectivity index (χ2n) is 11.8. The van der Waals surface area contributed by atoms with Crippen molar-refractivity contribution in [3.8, 4) is 0 Å². The SMILES string of the molecule is C[C@H](CCC(=O)O)[C@H]1CC[C@H]2[C@]3(C)CC[C@@H]4CC(=O)CC[C@]4(C)[C@H]3C[C@H](O)[C@]12C. The minimum atomic E-state index is -0.717. The lowest BCUT2D eigenvalue weighted by Crippen LogP contribution is -2.63. The topological polar surface area (TPSA) is 74.6 Å². The van der Waals surface area contributed by atoms with Crippen molar-refractivity contribution in [3.05, 3.63) is 0 Å². The van der Waals surface area contributed by atoms with Crippen LogP contribution in [0.2, 0.25) is 0 Å². The number of ketones is 1. The number of hydrogen-bond acceptors (Lipinski definition) is 3. The minimum Gasteiger partial charge on any atom is -0.481 e. The average Bonchev–Trinajstić information content (AvgIpc) is 3.03. The van der Waals surface area contributed by atoms with Crippen molar-refractivity contribution in [3.63, 3.8) is 0 Å². The molecule has 0 aromatic rings. The van der Waals surface area contributed by atoms with Gasteiger partial charge in [-0.3, -0.25) is 9.59 Å². The summed E-state index contributed by atoms with van der Waals surface area (Å²) in [6.07, 6.45) is 8.51. The molecular formula is C25H40O4. The number of hydrogen-bond donors (Lipinski definition) is 2. The van der Waals surface area contributed by atoms with Crippen LogP contribution in [0.1, 0.15) is 91.9 Å². The van der Waals surface area contributed by atoms with Gasteiger partial charge in [-0.2, -0.15) is 0 Å². The van der Waals surface area contributed by atoms with E-state index in [0.29, 0.717) is 48.2 Å². The summed E-state index contributed by atoms with van der Waals surface area (Å²) >= 11 is 0. The smallest absolute Gasteiger partial charge is 0.303 e. The molecule has 2 N–H and O–H groups in total. The van der Waals surface area contributed by atoms with Gasteiger partial charge in [-0.1, -0.05) is 27.7 Å². The number of carbonyl (C=O) groups is 2. The molecule has 4 aliphatic carbocycles. The maximum atomic E-state index is 12.1. The third kappa shape index (κ3) is 3.03. The molecule has 0 saturated heterocycles.